The molecule has 2 aliphatic heterocycles. The molecule has 2 N–H and O–H groups in total. The van der Waals surface area contributed by atoms with Gasteiger partial charge in [-0.25, -0.2) is 0 Å². The summed E-state index contributed by atoms with van der Waals surface area (Å²) in [5, 5.41) is 12.0. The van der Waals surface area contributed by atoms with Crippen LogP contribution in [-0.2, 0) is 4.79 Å². The number of ether oxygens (including phenoxy) is 1. The van der Waals surface area contributed by atoms with Crippen molar-refractivity contribution in [2.24, 2.45) is 0 Å². The minimum atomic E-state index is -0.888. The van der Waals surface area contributed by atoms with Crippen molar-refractivity contribution in [3.63, 3.8) is 0 Å². The number of rotatable bonds is 6. The Bertz CT molecular complexity index is 616. The van der Waals surface area contributed by atoms with E-state index in [1.807, 2.05) is 4.90 Å². The molecule has 158 valence electrons. The second kappa shape index (κ2) is 12.1. The molecule has 9 heteroatoms. The number of nitrogens with one attached hydrogen (secondary N) is 1. The van der Waals surface area contributed by atoms with E-state index in [0.717, 1.165) is 39.3 Å². The van der Waals surface area contributed by atoms with E-state index >= 15 is 0 Å². The molecule has 0 aliphatic carbocycles. The number of benzene rings is 1. The lowest BCUT2D eigenvalue weighted by molar-refractivity contribution is -0.137. The Kier molecular flexibility index (Phi) is 10.6. The minimum Gasteiger partial charge on any atom is -0.493 e. The predicted molar refractivity (Wildman–Crippen MR) is 112 cm³/mol. The number of nitrogens with zero attached hydrogens (tertiary/aromatic N) is 2. The molecule has 0 bridgehead atoms. The first-order valence-electron chi connectivity index (χ1n) is 9.32. The summed E-state index contributed by atoms with van der Waals surface area (Å²) in [6, 6.07) is 7.59. The lowest BCUT2D eigenvalue weighted by Crippen LogP contribution is -2.53. The number of halogens is 2. The van der Waals surface area contributed by atoms with Crippen molar-refractivity contribution in [2.45, 2.75) is 25.3 Å². The molecule has 2 fully saturated rings. The first-order chi connectivity index (χ1) is 12.6. The van der Waals surface area contributed by atoms with Gasteiger partial charge in [-0.15, -0.1) is 24.8 Å². The lowest BCUT2D eigenvalue weighted by atomic mass is 10.0. The molecular formula is C19H29Cl2N3O4. The smallest absolute Gasteiger partial charge is 0.306 e. The fourth-order valence-corrected chi connectivity index (χ4v) is 3.59. The second-order valence-electron chi connectivity index (χ2n) is 6.83. The third-order valence-corrected chi connectivity index (χ3v) is 5.11. The molecule has 0 radical (unpaired) electrons. The van der Waals surface area contributed by atoms with Crippen molar-refractivity contribution in [1.82, 2.24) is 15.1 Å². The maximum absolute atomic E-state index is 12.7. The maximum Gasteiger partial charge on any atom is 0.306 e. The number of hydrogen-bond donors (Lipinski definition) is 2. The van der Waals surface area contributed by atoms with Crippen molar-refractivity contribution < 1.29 is 19.4 Å². The Morgan fingerprint density at radius 2 is 1.64 bits per heavy atom. The molecule has 1 aromatic carbocycles. The summed E-state index contributed by atoms with van der Waals surface area (Å²) in [6.07, 6.45) is 2.34. The SMILES string of the molecule is Cl.Cl.O=C(O)CCOc1ccc(C(=O)N2CCN(C3CCNCC3)CC2)cc1. The summed E-state index contributed by atoms with van der Waals surface area (Å²) in [6.45, 7) is 5.70. The van der Waals surface area contributed by atoms with Gasteiger partial charge >= 0.3 is 5.97 Å². The van der Waals surface area contributed by atoms with E-state index in [2.05, 4.69) is 10.2 Å². The highest BCUT2D eigenvalue weighted by Gasteiger charge is 2.27. The number of carboxylic acids is 1. The summed E-state index contributed by atoms with van der Waals surface area (Å²) >= 11 is 0. The predicted octanol–water partition coefficient (Wildman–Crippen LogP) is 1.89. The van der Waals surface area contributed by atoms with Crippen LogP contribution in [0.1, 0.15) is 29.6 Å². The molecule has 3 rings (SSSR count). The van der Waals surface area contributed by atoms with Crippen LogP contribution in [0.5, 0.6) is 5.75 Å². The van der Waals surface area contributed by atoms with E-state index in [9.17, 15) is 9.59 Å². The molecule has 28 heavy (non-hydrogen) atoms. The van der Waals surface area contributed by atoms with Gasteiger partial charge in [0.1, 0.15) is 5.75 Å². The van der Waals surface area contributed by atoms with Gasteiger partial charge in [0.2, 0.25) is 0 Å². The normalized spacial score (nSPS) is 17.9. The third-order valence-electron chi connectivity index (χ3n) is 5.11. The Hall–Kier alpha value is -1.54. The second-order valence-corrected chi connectivity index (χ2v) is 6.83. The van der Waals surface area contributed by atoms with Crippen molar-refractivity contribution in [1.29, 1.82) is 0 Å². The van der Waals surface area contributed by atoms with E-state index in [-0.39, 0.29) is 43.7 Å². The molecule has 1 amide bonds. The lowest BCUT2D eigenvalue weighted by Gasteiger charge is -2.40. The van der Waals surface area contributed by atoms with E-state index in [1.54, 1.807) is 24.3 Å². The average molecular weight is 434 g/mol. The molecule has 2 saturated heterocycles. The van der Waals surface area contributed by atoms with Gasteiger partial charge in [0.15, 0.2) is 0 Å². The van der Waals surface area contributed by atoms with Crippen LogP contribution < -0.4 is 10.1 Å². The number of carbonyl (C=O) groups is 2. The Balaban J connectivity index is 0.00000196. The Morgan fingerprint density at radius 1 is 1.04 bits per heavy atom. The van der Waals surface area contributed by atoms with Gasteiger partial charge in [0.05, 0.1) is 13.0 Å². The molecular weight excluding hydrogens is 405 g/mol. The van der Waals surface area contributed by atoms with Gasteiger partial charge in [-0.1, -0.05) is 0 Å². The summed E-state index contributed by atoms with van der Waals surface area (Å²) in [5.41, 5.74) is 0.644. The van der Waals surface area contributed by atoms with E-state index in [0.29, 0.717) is 17.4 Å². The van der Waals surface area contributed by atoms with Crippen LogP contribution in [0.3, 0.4) is 0 Å². The molecule has 0 unspecified atom stereocenters. The van der Waals surface area contributed by atoms with Gasteiger partial charge in [-0.05, 0) is 50.2 Å². The van der Waals surface area contributed by atoms with Gasteiger partial charge in [-0.2, -0.15) is 0 Å². The van der Waals surface area contributed by atoms with Crippen LogP contribution in [0.25, 0.3) is 0 Å². The number of piperazine rings is 1. The zero-order valence-electron chi connectivity index (χ0n) is 15.8. The zero-order valence-corrected chi connectivity index (χ0v) is 17.5. The summed E-state index contributed by atoms with van der Waals surface area (Å²) in [4.78, 5) is 27.6. The van der Waals surface area contributed by atoms with Crippen LogP contribution in [0, 0.1) is 0 Å². The Labute approximate surface area is 178 Å². The molecule has 2 heterocycles. The number of piperidine rings is 1. The van der Waals surface area contributed by atoms with Crippen molar-refractivity contribution in [3.05, 3.63) is 29.8 Å². The van der Waals surface area contributed by atoms with Crippen molar-refractivity contribution in [2.75, 3.05) is 45.9 Å². The highest BCUT2D eigenvalue weighted by Crippen LogP contribution is 2.18. The van der Waals surface area contributed by atoms with Crippen LogP contribution in [-0.4, -0.2) is 78.7 Å². The van der Waals surface area contributed by atoms with E-state index < -0.39 is 5.97 Å². The third kappa shape index (κ3) is 6.81. The van der Waals surface area contributed by atoms with Crippen molar-refractivity contribution >= 4 is 36.7 Å². The largest absolute Gasteiger partial charge is 0.493 e. The van der Waals surface area contributed by atoms with E-state index in [1.165, 1.54) is 12.8 Å². The summed E-state index contributed by atoms with van der Waals surface area (Å²) in [5.74, 6) is -0.258. The molecule has 0 saturated carbocycles. The van der Waals surface area contributed by atoms with Crippen LogP contribution in [0.2, 0.25) is 0 Å². The highest BCUT2D eigenvalue weighted by atomic mass is 35.5. The van der Waals surface area contributed by atoms with Crippen LogP contribution >= 0.6 is 24.8 Å². The topological polar surface area (TPSA) is 82.1 Å². The first kappa shape index (κ1) is 24.5. The first-order valence-corrected chi connectivity index (χ1v) is 9.32. The van der Waals surface area contributed by atoms with Crippen LogP contribution in [0.4, 0.5) is 0 Å². The summed E-state index contributed by atoms with van der Waals surface area (Å²) < 4.78 is 5.36. The average Bonchev–Trinajstić information content (AvgIpc) is 2.68. The molecule has 0 spiro atoms. The van der Waals surface area contributed by atoms with E-state index in [4.69, 9.17) is 9.84 Å². The molecule has 0 aromatic heterocycles. The molecule has 7 nitrogen and oxygen atoms in total. The maximum atomic E-state index is 12.7. The number of hydrogen-bond acceptors (Lipinski definition) is 5. The monoisotopic (exact) mass is 433 g/mol. The summed E-state index contributed by atoms with van der Waals surface area (Å²) in [7, 11) is 0. The standard InChI is InChI=1S/C19H27N3O4.2ClH/c23-18(24)7-14-26-17-3-1-15(2-4-17)19(25)22-12-10-21(11-13-22)16-5-8-20-9-6-16;;/h1-4,16,20H,5-14H2,(H,23,24);2*1H. The van der Waals surface area contributed by atoms with Gasteiger partial charge < -0.3 is 20.1 Å². The fourth-order valence-electron chi connectivity index (χ4n) is 3.59. The van der Waals surface area contributed by atoms with Crippen molar-refractivity contribution in [3.8, 4) is 5.75 Å². The highest BCUT2D eigenvalue weighted by molar-refractivity contribution is 5.94. The minimum absolute atomic E-state index is 0. The van der Waals surface area contributed by atoms with Crippen LogP contribution in [0.15, 0.2) is 24.3 Å². The Morgan fingerprint density at radius 3 is 2.21 bits per heavy atom. The molecule has 0 atom stereocenters. The number of carbonyl (C=O) groups excluding carboxylic acids is 1. The quantitative estimate of drug-likeness (QED) is 0.712. The number of amides is 1. The number of carboxylic acid groups (broad SMARTS) is 1. The van der Waals surface area contributed by atoms with Gasteiger partial charge in [-0.3, -0.25) is 14.5 Å². The zero-order chi connectivity index (χ0) is 18.4. The molecule has 1 aromatic rings. The van der Waals surface area contributed by atoms with Gasteiger partial charge in [0, 0.05) is 37.8 Å². The number of aliphatic carboxylic acids is 1. The molecule has 2 aliphatic rings. The van der Waals surface area contributed by atoms with Gasteiger partial charge in [0.25, 0.3) is 5.91 Å². The fraction of sp³-hybridized carbons (Fsp3) is 0.579.